The molecule has 0 aromatic carbocycles. The lowest BCUT2D eigenvalue weighted by Crippen LogP contribution is -2.46. The van der Waals surface area contributed by atoms with E-state index in [1.807, 2.05) is 0 Å². The van der Waals surface area contributed by atoms with Gasteiger partial charge in [0.05, 0.1) is 18.1 Å². The number of carboxylic acid groups (broad SMARTS) is 1. The van der Waals surface area contributed by atoms with Gasteiger partial charge in [-0.05, 0) is 25.7 Å². The average Bonchev–Trinajstić information content (AvgIpc) is 2.15. The maximum absolute atomic E-state index is 11.9. The molecule has 17 heavy (non-hydrogen) atoms. The SMILES string of the molecule is O=C(O)C1CCC(O)(CNCC(F)(F)F)CC1. The van der Waals surface area contributed by atoms with E-state index in [4.69, 9.17) is 5.11 Å². The molecule has 0 aliphatic heterocycles. The van der Waals surface area contributed by atoms with E-state index in [9.17, 15) is 23.1 Å². The van der Waals surface area contributed by atoms with Crippen molar-refractivity contribution < 1.29 is 28.2 Å². The number of aliphatic hydroxyl groups is 1. The van der Waals surface area contributed by atoms with Crippen LogP contribution in [-0.4, -0.2) is 41.0 Å². The second-order valence-corrected chi connectivity index (χ2v) is 4.56. The molecule has 3 N–H and O–H groups in total. The molecule has 100 valence electrons. The Morgan fingerprint density at radius 3 is 2.29 bits per heavy atom. The number of carboxylic acids is 1. The van der Waals surface area contributed by atoms with Crippen LogP contribution in [0.5, 0.6) is 0 Å². The summed E-state index contributed by atoms with van der Waals surface area (Å²) >= 11 is 0. The van der Waals surface area contributed by atoms with Crippen LogP contribution in [0.2, 0.25) is 0 Å². The molecule has 0 aromatic rings. The van der Waals surface area contributed by atoms with Crippen molar-refractivity contribution >= 4 is 5.97 Å². The molecule has 0 atom stereocenters. The minimum atomic E-state index is -4.30. The van der Waals surface area contributed by atoms with E-state index in [-0.39, 0.29) is 19.4 Å². The van der Waals surface area contributed by atoms with Crippen molar-refractivity contribution in [3.63, 3.8) is 0 Å². The van der Waals surface area contributed by atoms with Gasteiger partial charge in [0.1, 0.15) is 0 Å². The standard InChI is InChI=1S/C10H16F3NO3/c11-10(12,13)6-14-5-9(17)3-1-7(2-4-9)8(15)16/h7,14,17H,1-6H2,(H,15,16). The number of alkyl halides is 3. The van der Waals surface area contributed by atoms with Crippen LogP contribution in [0.25, 0.3) is 0 Å². The number of nitrogens with one attached hydrogen (secondary N) is 1. The van der Waals surface area contributed by atoms with Crippen LogP contribution in [0.1, 0.15) is 25.7 Å². The summed E-state index contributed by atoms with van der Waals surface area (Å²) in [5.74, 6) is -1.40. The zero-order valence-electron chi connectivity index (χ0n) is 9.26. The van der Waals surface area contributed by atoms with Crippen molar-refractivity contribution in [1.82, 2.24) is 5.32 Å². The van der Waals surface area contributed by atoms with Gasteiger partial charge in [-0.15, -0.1) is 0 Å². The highest BCUT2D eigenvalue weighted by molar-refractivity contribution is 5.70. The quantitative estimate of drug-likeness (QED) is 0.704. The molecule has 1 aliphatic rings. The van der Waals surface area contributed by atoms with Crippen molar-refractivity contribution in [2.45, 2.75) is 37.5 Å². The van der Waals surface area contributed by atoms with Crippen LogP contribution in [0.3, 0.4) is 0 Å². The van der Waals surface area contributed by atoms with Gasteiger partial charge in [0, 0.05) is 6.54 Å². The Morgan fingerprint density at radius 2 is 1.88 bits per heavy atom. The fourth-order valence-electron chi connectivity index (χ4n) is 2.02. The van der Waals surface area contributed by atoms with Crippen molar-refractivity contribution in [3.05, 3.63) is 0 Å². The lowest BCUT2D eigenvalue weighted by molar-refractivity contribution is -0.144. The van der Waals surface area contributed by atoms with Gasteiger partial charge in [0.15, 0.2) is 0 Å². The molecule has 1 saturated carbocycles. The third kappa shape index (κ3) is 4.91. The van der Waals surface area contributed by atoms with Crippen molar-refractivity contribution in [1.29, 1.82) is 0 Å². The Kier molecular flexibility index (Phi) is 4.37. The molecule has 0 aromatic heterocycles. The third-order valence-corrected chi connectivity index (χ3v) is 3.05. The second kappa shape index (κ2) is 5.22. The van der Waals surface area contributed by atoms with Gasteiger partial charge in [0.2, 0.25) is 0 Å². The maximum Gasteiger partial charge on any atom is 0.401 e. The highest BCUT2D eigenvalue weighted by atomic mass is 19.4. The Hall–Kier alpha value is -0.820. The van der Waals surface area contributed by atoms with E-state index >= 15 is 0 Å². The lowest BCUT2D eigenvalue weighted by Gasteiger charge is -2.34. The van der Waals surface area contributed by atoms with Gasteiger partial charge in [-0.25, -0.2) is 0 Å². The molecule has 1 fully saturated rings. The predicted molar refractivity (Wildman–Crippen MR) is 53.5 cm³/mol. The predicted octanol–water partition coefficient (Wildman–Crippen LogP) is 1.14. The Balaban J connectivity index is 2.32. The van der Waals surface area contributed by atoms with E-state index in [2.05, 4.69) is 5.32 Å². The molecule has 4 nitrogen and oxygen atoms in total. The van der Waals surface area contributed by atoms with Crippen LogP contribution in [0.4, 0.5) is 13.2 Å². The van der Waals surface area contributed by atoms with Crippen LogP contribution in [-0.2, 0) is 4.79 Å². The smallest absolute Gasteiger partial charge is 0.401 e. The largest absolute Gasteiger partial charge is 0.481 e. The highest BCUT2D eigenvalue weighted by Gasteiger charge is 2.36. The van der Waals surface area contributed by atoms with Gasteiger partial charge in [-0.2, -0.15) is 13.2 Å². The molecular formula is C10H16F3NO3. The summed E-state index contributed by atoms with van der Waals surface area (Å²) in [5.41, 5.74) is -1.21. The summed E-state index contributed by atoms with van der Waals surface area (Å²) < 4.78 is 35.6. The minimum absolute atomic E-state index is 0.154. The topological polar surface area (TPSA) is 69.6 Å². The number of aliphatic carboxylic acids is 1. The summed E-state index contributed by atoms with van der Waals surface area (Å²) in [5, 5.41) is 20.8. The van der Waals surface area contributed by atoms with Crippen molar-refractivity contribution in [2.75, 3.05) is 13.1 Å². The minimum Gasteiger partial charge on any atom is -0.481 e. The summed E-state index contributed by atoms with van der Waals surface area (Å²) in [6, 6.07) is 0. The molecular weight excluding hydrogens is 239 g/mol. The summed E-state index contributed by atoms with van der Waals surface area (Å²) in [7, 11) is 0. The average molecular weight is 255 g/mol. The van der Waals surface area contributed by atoms with E-state index in [1.165, 1.54) is 0 Å². The molecule has 0 unspecified atom stereocenters. The van der Waals surface area contributed by atoms with Gasteiger partial charge in [-0.1, -0.05) is 0 Å². The monoisotopic (exact) mass is 255 g/mol. The molecule has 0 heterocycles. The van der Waals surface area contributed by atoms with Crippen molar-refractivity contribution in [3.8, 4) is 0 Å². The van der Waals surface area contributed by atoms with Gasteiger partial charge in [-0.3, -0.25) is 4.79 Å². The Labute approximate surface area is 96.8 Å². The first-order valence-corrected chi connectivity index (χ1v) is 5.44. The molecule has 0 spiro atoms. The van der Waals surface area contributed by atoms with Crippen LogP contribution < -0.4 is 5.32 Å². The maximum atomic E-state index is 11.9. The van der Waals surface area contributed by atoms with Crippen molar-refractivity contribution in [2.24, 2.45) is 5.92 Å². The third-order valence-electron chi connectivity index (χ3n) is 3.05. The normalized spacial score (nSPS) is 30.2. The lowest BCUT2D eigenvalue weighted by atomic mass is 9.79. The molecule has 0 bridgehead atoms. The molecule has 0 radical (unpaired) electrons. The molecule has 1 aliphatic carbocycles. The summed E-state index contributed by atoms with van der Waals surface area (Å²) in [6.07, 6.45) is -3.25. The van der Waals surface area contributed by atoms with Gasteiger partial charge < -0.3 is 15.5 Å². The Morgan fingerprint density at radius 1 is 1.35 bits per heavy atom. The van der Waals surface area contributed by atoms with Gasteiger partial charge >= 0.3 is 12.1 Å². The van der Waals surface area contributed by atoms with Crippen LogP contribution in [0.15, 0.2) is 0 Å². The molecule has 0 saturated heterocycles. The second-order valence-electron chi connectivity index (χ2n) is 4.56. The number of hydrogen-bond donors (Lipinski definition) is 3. The van der Waals surface area contributed by atoms with E-state index in [1.54, 1.807) is 0 Å². The molecule has 0 amide bonds. The molecule has 7 heteroatoms. The van der Waals surface area contributed by atoms with E-state index in [0.29, 0.717) is 12.8 Å². The van der Waals surface area contributed by atoms with E-state index in [0.717, 1.165) is 0 Å². The highest BCUT2D eigenvalue weighted by Crippen LogP contribution is 2.31. The Bertz CT molecular complexity index is 272. The molecule has 1 rings (SSSR count). The zero-order chi connectivity index (χ0) is 13.1. The van der Waals surface area contributed by atoms with Crippen LogP contribution >= 0.6 is 0 Å². The number of rotatable bonds is 4. The number of carbonyl (C=O) groups is 1. The number of hydrogen-bond acceptors (Lipinski definition) is 3. The van der Waals surface area contributed by atoms with E-state index < -0.39 is 30.2 Å². The summed E-state index contributed by atoms with van der Waals surface area (Å²) in [6.45, 7) is -1.30. The fraction of sp³-hybridized carbons (Fsp3) is 0.900. The first-order chi connectivity index (χ1) is 7.72. The fourth-order valence-corrected chi connectivity index (χ4v) is 2.02. The van der Waals surface area contributed by atoms with Gasteiger partial charge in [0.25, 0.3) is 0 Å². The number of halogens is 3. The first kappa shape index (κ1) is 14.2. The van der Waals surface area contributed by atoms with Crippen LogP contribution in [0, 0.1) is 5.92 Å². The zero-order valence-corrected chi connectivity index (χ0v) is 9.26. The summed E-state index contributed by atoms with van der Waals surface area (Å²) in [4.78, 5) is 10.7. The first-order valence-electron chi connectivity index (χ1n) is 5.44.